The lowest BCUT2D eigenvalue weighted by Crippen LogP contribution is -2.39. The number of pyridine rings is 2. The van der Waals surface area contributed by atoms with Crippen LogP contribution in [0.4, 0.5) is 0 Å². The summed E-state index contributed by atoms with van der Waals surface area (Å²) in [7, 11) is 0. The lowest BCUT2D eigenvalue weighted by molar-refractivity contribution is -0.123. The first-order valence-corrected chi connectivity index (χ1v) is 10.8. The number of carbonyl (C=O) groups is 1. The van der Waals surface area contributed by atoms with Gasteiger partial charge in [-0.15, -0.1) is 0 Å². The number of nitrogens with one attached hydrogen (secondary N) is 2. The van der Waals surface area contributed by atoms with Crippen LogP contribution in [0, 0.1) is 0 Å². The lowest BCUT2D eigenvalue weighted by Gasteiger charge is -2.19. The van der Waals surface area contributed by atoms with Crippen LogP contribution in [-0.2, 0) is 17.6 Å². The molecule has 1 atom stereocenters. The van der Waals surface area contributed by atoms with Crippen molar-refractivity contribution in [3.8, 4) is 5.75 Å². The lowest BCUT2D eigenvalue weighted by atomic mass is 10.0. The predicted molar refractivity (Wildman–Crippen MR) is 122 cm³/mol. The molecule has 2 aromatic heterocycles. The average molecular weight is 419 g/mol. The number of ether oxygens (including phenoxy) is 1. The Kier molecular flexibility index (Phi) is 9.01. The van der Waals surface area contributed by atoms with Crippen molar-refractivity contribution >= 4 is 5.91 Å². The van der Waals surface area contributed by atoms with Gasteiger partial charge in [-0.2, -0.15) is 0 Å². The maximum atomic E-state index is 13.0. The van der Waals surface area contributed by atoms with Gasteiger partial charge in [-0.05, 0) is 66.3 Å². The van der Waals surface area contributed by atoms with E-state index in [-0.39, 0.29) is 5.91 Å². The standard InChI is InChI=1S/C25H30N4O2/c1-2-18-31-23-7-5-22(6-8-23)24(28-16-11-20-9-14-26-15-10-20)25(30)29-17-12-21-4-3-13-27-19-21/h3-10,13-15,19,24,28H,2,11-12,16-18H2,1H3,(H,29,30). The minimum Gasteiger partial charge on any atom is -0.494 e. The zero-order chi connectivity index (χ0) is 21.7. The number of hydrogen-bond donors (Lipinski definition) is 2. The van der Waals surface area contributed by atoms with E-state index in [0.29, 0.717) is 19.7 Å². The largest absolute Gasteiger partial charge is 0.494 e. The molecule has 0 aliphatic heterocycles. The van der Waals surface area contributed by atoms with Crippen molar-refractivity contribution in [1.82, 2.24) is 20.6 Å². The second-order valence-corrected chi connectivity index (χ2v) is 7.31. The SMILES string of the molecule is CCCOc1ccc(C(NCCc2ccncc2)C(=O)NCCc2cccnc2)cc1. The van der Waals surface area contributed by atoms with Crippen LogP contribution in [-0.4, -0.2) is 35.6 Å². The van der Waals surface area contributed by atoms with Crippen molar-refractivity contribution in [1.29, 1.82) is 0 Å². The number of nitrogens with zero attached hydrogens (tertiary/aromatic N) is 2. The van der Waals surface area contributed by atoms with Gasteiger partial charge in [-0.1, -0.05) is 25.1 Å². The first-order valence-electron chi connectivity index (χ1n) is 10.8. The zero-order valence-electron chi connectivity index (χ0n) is 18.0. The zero-order valence-corrected chi connectivity index (χ0v) is 18.0. The van der Waals surface area contributed by atoms with Crippen LogP contribution < -0.4 is 15.4 Å². The molecule has 1 aromatic carbocycles. The minimum absolute atomic E-state index is 0.0409. The third-order valence-corrected chi connectivity index (χ3v) is 4.90. The van der Waals surface area contributed by atoms with Gasteiger partial charge < -0.3 is 15.4 Å². The monoisotopic (exact) mass is 418 g/mol. The van der Waals surface area contributed by atoms with Gasteiger partial charge in [0.25, 0.3) is 0 Å². The highest BCUT2D eigenvalue weighted by atomic mass is 16.5. The Morgan fingerprint density at radius 3 is 2.42 bits per heavy atom. The maximum Gasteiger partial charge on any atom is 0.241 e. The Morgan fingerprint density at radius 1 is 0.935 bits per heavy atom. The summed E-state index contributed by atoms with van der Waals surface area (Å²) < 4.78 is 5.67. The summed E-state index contributed by atoms with van der Waals surface area (Å²) in [5, 5.41) is 6.47. The van der Waals surface area contributed by atoms with Gasteiger partial charge in [0, 0.05) is 37.9 Å². The van der Waals surface area contributed by atoms with Crippen LogP contribution in [0.25, 0.3) is 0 Å². The van der Waals surface area contributed by atoms with Gasteiger partial charge in [0.1, 0.15) is 11.8 Å². The van der Waals surface area contributed by atoms with E-state index < -0.39 is 6.04 Å². The van der Waals surface area contributed by atoms with Gasteiger partial charge in [-0.3, -0.25) is 14.8 Å². The van der Waals surface area contributed by atoms with Crippen molar-refractivity contribution in [3.05, 3.63) is 90.0 Å². The van der Waals surface area contributed by atoms with E-state index in [0.717, 1.165) is 36.1 Å². The number of amides is 1. The topological polar surface area (TPSA) is 76.1 Å². The van der Waals surface area contributed by atoms with E-state index in [2.05, 4.69) is 27.5 Å². The van der Waals surface area contributed by atoms with Crippen molar-refractivity contribution in [2.45, 2.75) is 32.2 Å². The van der Waals surface area contributed by atoms with Gasteiger partial charge in [0.2, 0.25) is 5.91 Å². The molecule has 31 heavy (non-hydrogen) atoms. The van der Waals surface area contributed by atoms with Gasteiger partial charge >= 0.3 is 0 Å². The Hall–Kier alpha value is -3.25. The molecule has 0 spiro atoms. The first kappa shape index (κ1) is 22.4. The molecule has 0 bridgehead atoms. The van der Waals surface area contributed by atoms with Crippen LogP contribution in [0.15, 0.2) is 73.3 Å². The molecular formula is C25H30N4O2. The summed E-state index contributed by atoms with van der Waals surface area (Å²) in [4.78, 5) is 21.2. The van der Waals surface area contributed by atoms with Crippen LogP contribution in [0.2, 0.25) is 0 Å². The Bertz CT molecular complexity index is 902. The minimum atomic E-state index is -0.434. The predicted octanol–water partition coefficient (Wildman–Crippen LogP) is 3.50. The summed E-state index contributed by atoms with van der Waals surface area (Å²) in [6, 6.07) is 15.2. The Balaban J connectivity index is 1.61. The molecule has 6 nitrogen and oxygen atoms in total. The molecule has 0 aliphatic carbocycles. The molecule has 1 unspecified atom stereocenters. The molecular weight excluding hydrogens is 388 g/mol. The van der Waals surface area contributed by atoms with Crippen molar-refractivity contribution in [2.75, 3.05) is 19.7 Å². The van der Waals surface area contributed by atoms with Crippen LogP contribution in [0.3, 0.4) is 0 Å². The summed E-state index contributed by atoms with van der Waals surface area (Å²) >= 11 is 0. The second kappa shape index (κ2) is 12.4. The van der Waals surface area contributed by atoms with Gasteiger partial charge in [-0.25, -0.2) is 0 Å². The number of benzene rings is 1. The molecule has 0 aliphatic rings. The summed E-state index contributed by atoms with van der Waals surface area (Å²) in [5.74, 6) is 0.777. The Labute approximate surface area is 184 Å². The van der Waals surface area contributed by atoms with E-state index in [1.807, 2.05) is 54.7 Å². The fourth-order valence-corrected chi connectivity index (χ4v) is 3.23. The number of carbonyl (C=O) groups excluding carboxylic acids is 1. The third-order valence-electron chi connectivity index (χ3n) is 4.90. The molecule has 162 valence electrons. The van der Waals surface area contributed by atoms with Crippen LogP contribution in [0.1, 0.15) is 36.1 Å². The normalized spacial score (nSPS) is 11.6. The second-order valence-electron chi connectivity index (χ2n) is 7.31. The molecule has 1 amide bonds. The van der Waals surface area contributed by atoms with Crippen molar-refractivity contribution < 1.29 is 9.53 Å². The fraction of sp³-hybridized carbons (Fsp3) is 0.320. The quantitative estimate of drug-likeness (QED) is 0.471. The first-order chi connectivity index (χ1) is 15.3. The van der Waals surface area contributed by atoms with E-state index in [1.54, 1.807) is 18.6 Å². The van der Waals surface area contributed by atoms with Gasteiger partial charge in [0.05, 0.1) is 6.61 Å². The molecule has 6 heteroatoms. The number of aromatic nitrogens is 2. The van der Waals surface area contributed by atoms with E-state index >= 15 is 0 Å². The molecule has 2 heterocycles. The molecule has 2 N–H and O–H groups in total. The number of hydrogen-bond acceptors (Lipinski definition) is 5. The van der Waals surface area contributed by atoms with Crippen LogP contribution >= 0.6 is 0 Å². The van der Waals surface area contributed by atoms with Crippen molar-refractivity contribution in [3.63, 3.8) is 0 Å². The highest BCUT2D eigenvalue weighted by molar-refractivity contribution is 5.83. The fourth-order valence-electron chi connectivity index (χ4n) is 3.23. The van der Waals surface area contributed by atoms with Crippen LogP contribution in [0.5, 0.6) is 5.75 Å². The average Bonchev–Trinajstić information content (AvgIpc) is 2.82. The molecule has 0 saturated carbocycles. The Morgan fingerprint density at radius 2 is 1.71 bits per heavy atom. The molecule has 3 aromatic rings. The highest BCUT2D eigenvalue weighted by Crippen LogP contribution is 2.19. The van der Waals surface area contributed by atoms with E-state index in [1.165, 1.54) is 5.56 Å². The molecule has 0 fully saturated rings. The molecule has 0 radical (unpaired) electrons. The smallest absolute Gasteiger partial charge is 0.241 e. The third kappa shape index (κ3) is 7.50. The van der Waals surface area contributed by atoms with E-state index in [9.17, 15) is 4.79 Å². The van der Waals surface area contributed by atoms with Gasteiger partial charge in [0.15, 0.2) is 0 Å². The molecule has 3 rings (SSSR count). The van der Waals surface area contributed by atoms with E-state index in [4.69, 9.17) is 4.74 Å². The number of rotatable bonds is 12. The summed E-state index contributed by atoms with van der Waals surface area (Å²) in [5.41, 5.74) is 3.20. The highest BCUT2D eigenvalue weighted by Gasteiger charge is 2.19. The summed E-state index contributed by atoms with van der Waals surface area (Å²) in [6.07, 6.45) is 9.66. The van der Waals surface area contributed by atoms with Crippen molar-refractivity contribution in [2.24, 2.45) is 0 Å². The molecule has 0 saturated heterocycles. The summed E-state index contributed by atoms with van der Waals surface area (Å²) in [6.45, 7) is 4.00. The maximum absolute atomic E-state index is 13.0.